The molecule has 1 aromatic carbocycles. The summed E-state index contributed by atoms with van der Waals surface area (Å²) in [5.41, 5.74) is 1.90. The van der Waals surface area contributed by atoms with Gasteiger partial charge in [-0.1, -0.05) is 32.9 Å². The van der Waals surface area contributed by atoms with Crippen molar-refractivity contribution in [3.8, 4) is 0 Å². The molecule has 3 heterocycles. The number of piperazine rings is 3. The Morgan fingerprint density at radius 1 is 1.12 bits per heavy atom. The Morgan fingerprint density at radius 2 is 1.72 bits per heavy atom. The molecule has 3 aliphatic heterocycles. The third-order valence-electron chi connectivity index (χ3n) is 6.53. The van der Waals surface area contributed by atoms with Gasteiger partial charge in [-0.15, -0.1) is 0 Å². The predicted octanol–water partition coefficient (Wildman–Crippen LogP) is 3.07. The van der Waals surface area contributed by atoms with Crippen molar-refractivity contribution in [2.45, 2.75) is 40.3 Å². The number of likely N-dealkylation sites (N-methyl/N-ethyl adjacent to an activating group) is 1. The van der Waals surface area contributed by atoms with Gasteiger partial charge in [0, 0.05) is 5.56 Å². The second-order valence-electron chi connectivity index (χ2n) is 9.57. The summed E-state index contributed by atoms with van der Waals surface area (Å²) in [5, 5.41) is 0. The van der Waals surface area contributed by atoms with E-state index < -0.39 is 0 Å². The molecule has 3 saturated heterocycles. The molecule has 0 aliphatic carbocycles. The number of ether oxygens (including phenoxy) is 1. The zero-order valence-electron chi connectivity index (χ0n) is 16.5. The van der Waals surface area contributed by atoms with Gasteiger partial charge in [-0.05, 0) is 24.5 Å². The van der Waals surface area contributed by atoms with Crippen LogP contribution in [0.15, 0.2) is 24.3 Å². The van der Waals surface area contributed by atoms with E-state index in [2.05, 4.69) is 33.9 Å². The van der Waals surface area contributed by atoms with Gasteiger partial charge in [0.1, 0.15) is 51.9 Å². The highest BCUT2D eigenvalue weighted by Crippen LogP contribution is 2.28. The second-order valence-corrected chi connectivity index (χ2v) is 9.57. The van der Waals surface area contributed by atoms with Crippen LogP contribution in [-0.4, -0.2) is 67.4 Å². The summed E-state index contributed by atoms with van der Waals surface area (Å²) in [6.45, 7) is 16.9. The molecule has 2 bridgehead atoms. The van der Waals surface area contributed by atoms with Crippen molar-refractivity contribution < 1.29 is 18.5 Å². The van der Waals surface area contributed by atoms with Gasteiger partial charge in [-0.25, -0.2) is 4.79 Å². The first kappa shape index (κ1) is 18.4. The molecule has 3 aliphatic rings. The van der Waals surface area contributed by atoms with E-state index in [0.29, 0.717) is 5.56 Å². The Hall–Kier alpha value is -1.39. The fraction of sp³-hybridized carbons (Fsp3) is 0.667. The molecule has 0 unspecified atom stereocenters. The van der Waals surface area contributed by atoms with Gasteiger partial charge in [-0.3, -0.25) is 0 Å². The lowest BCUT2D eigenvalue weighted by atomic mass is 9.90. The van der Waals surface area contributed by atoms with Crippen molar-refractivity contribution in [1.82, 2.24) is 0 Å². The van der Waals surface area contributed by atoms with Crippen molar-refractivity contribution in [2.75, 3.05) is 46.3 Å². The van der Waals surface area contributed by atoms with Gasteiger partial charge in [0.05, 0.1) is 12.6 Å². The normalized spacial score (nSPS) is 30.1. The number of esters is 1. The van der Waals surface area contributed by atoms with E-state index in [1.807, 2.05) is 25.1 Å². The number of hydrogen-bond donors (Lipinski definition) is 0. The highest BCUT2D eigenvalue weighted by atomic mass is 16.5. The Bertz CT molecular complexity index is 623. The quantitative estimate of drug-likeness (QED) is 0.619. The van der Waals surface area contributed by atoms with Crippen LogP contribution in [0.1, 0.15) is 43.6 Å². The minimum Gasteiger partial charge on any atom is -0.459 e. The average Bonchev–Trinajstić information content (AvgIpc) is 2.56. The smallest absolute Gasteiger partial charge is 0.338 e. The van der Waals surface area contributed by atoms with Crippen LogP contribution in [0.25, 0.3) is 0 Å². The van der Waals surface area contributed by atoms with Crippen LogP contribution in [0, 0.1) is 5.41 Å². The highest BCUT2D eigenvalue weighted by molar-refractivity contribution is 5.89. The summed E-state index contributed by atoms with van der Waals surface area (Å²) in [7, 11) is 2.39. The van der Waals surface area contributed by atoms with E-state index in [9.17, 15) is 4.79 Å². The zero-order valence-corrected chi connectivity index (χ0v) is 16.5. The number of quaternary nitrogens is 2. The van der Waals surface area contributed by atoms with Crippen molar-refractivity contribution in [3.05, 3.63) is 35.4 Å². The summed E-state index contributed by atoms with van der Waals surface area (Å²) in [4.78, 5) is 12.5. The van der Waals surface area contributed by atoms with Crippen LogP contribution in [-0.2, 0) is 11.3 Å². The number of hydrogen-bond acceptors (Lipinski definition) is 2. The molecule has 0 radical (unpaired) electrons. The summed E-state index contributed by atoms with van der Waals surface area (Å²) < 4.78 is 8.10. The first-order valence-electron chi connectivity index (χ1n) is 9.60. The molecule has 0 amide bonds. The average molecular weight is 347 g/mol. The second kappa shape index (κ2) is 6.40. The van der Waals surface area contributed by atoms with E-state index in [1.54, 1.807) is 0 Å². The number of carbonyl (C=O) groups excluding carboxylic acids is 1. The Balaban J connectivity index is 1.69. The number of benzene rings is 1. The Kier molecular flexibility index (Phi) is 4.71. The number of rotatable bonds is 4. The van der Waals surface area contributed by atoms with Crippen molar-refractivity contribution in [3.63, 3.8) is 0 Å². The molecule has 138 valence electrons. The molecule has 0 saturated carbocycles. The van der Waals surface area contributed by atoms with Crippen molar-refractivity contribution in [2.24, 2.45) is 5.41 Å². The first-order chi connectivity index (χ1) is 11.6. The lowest BCUT2D eigenvalue weighted by Crippen LogP contribution is -2.73. The third kappa shape index (κ3) is 4.06. The molecule has 3 fully saturated rings. The van der Waals surface area contributed by atoms with Crippen LogP contribution in [0.3, 0.4) is 0 Å². The van der Waals surface area contributed by atoms with Crippen molar-refractivity contribution in [1.29, 1.82) is 0 Å². The van der Waals surface area contributed by atoms with Gasteiger partial charge in [-0.2, -0.15) is 0 Å². The molecular formula is C21H34N2O2+2. The largest absolute Gasteiger partial charge is 0.459 e. The van der Waals surface area contributed by atoms with E-state index >= 15 is 0 Å². The molecule has 25 heavy (non-hydrogen) atoms. The molecule has 4 heteroatoms. The summed E-state index contributed by atoms with van der Waals surface area (Å²) in [5.74, 6) is -0.203. The molecule has 1 aromatic rings. The van der Waals surface area contributed by atoms with Gasteiger partial charge >= 0.3 is 5.97 Å². The third-order valence-corrected chi connectivity index (χ3v) is 6.53. The summed E-state index contributed by atoms with van der Waals surface area (Å²) in [6.07, 6.45) is -0.106. The molecule has 4 nitrogen and oxygen atoms in total. The molecular weight excluding hydrogens is 312 g/mol. The van der Waals surface area contributed by atoms with E-state index in [0.717, 1.165) is 6.54 Å². The number of fused-ring (bicyclic) bond motifs is 3. The summed E-state index contributed by atoms with van der Waals surface area (Å²) in [6, 6.07) is 8.08. The van der Waals surface area contributed by atoms with Gasteiger partial charge in [0.2, 0.25) is 0 Å². The van der Waals surface area contributed by atoms with Gasteiger partial charge in [0.15, 0.2) is 0 Å². The van der Waals surface area contributed by atoms with Gasteiger partial charge in [0.25, 0.3) is 0 Å². The van der Waals surface area contributed by atoms with E-state index in [4.69, 9.17) is 4.74 Å². The number of carbonyl (C=O) groups is 1. The molecule has 0 aromatic heterocycles. The van der Waals surface area contributed by atoms with Crippen LogP contribution in [0.4, 0.5) is 0 Å². The zero-order chi connectivity index (χ0) is 18.3. The van der Waals surface area contributed by atoms with Crippen LogP contribution in [0.5, 0.6) is 0 Å². The first-order valence-corrected chi connectivity index (χ1v) is 9.60. The van der Waals surface area contributed by atoms with Crippen LogP contribution in [0.2, 0.25) is 0 Å². The molecule has 0 N–H and O–H groups in total. The molecule has 4 rings (SSSR count). The van der Waals surface area contributed by atoms with E-state index in [-0.39, 0.29) is 17.5 Å². The standard InChI is InChI=1S/C21H34N2O2/c1-17(21(2,3)4)25-20(24)19-8-6-7-18(15-19)16-23-12-9-22(5,10-13-23)11-14-23/h6-8,15,17H,9-14,16H2,1-5H3/q+2/t17-,22?,23?/m1/s1. The van der Waals surface area contributed by atoms with Crippen LogP contribution < -0.4 is 0 Å². The summed E-state index contributed by atoms with van der Waals surface area (Å²) >= 11 is 0. The van der Waals surface area contributed by atoms with E-state index in [1.165, 1.54) is 53.8 Å². The molecule has 1 atom stereocenters. The van der Waals surface area contributed by atoms with Gasteiger partial charge < -0.3 is 13.7 Å². The van der Waals surface area contributed by atoms with Crippen LogP contribution >= 0.6 is 0 Å². The van der Waals surface area contributed by atoms with Crippen molar-refractivity contribution >= 4 is 5.97 Å². The SMILES string of the molecule is C[C@@H](OC(=O)c1cccc(C[N+]23CC[N+](C)(CC2)CC3)c1)C(C)(C)C. The maximum atomic E-state index is 12.5. The maximum Gasteiger partial charge on any atom is 0.338 e. The molecule has 0 spiro atoms. The lowest BCUT2D eigenvalue weighted by molar-refractivity contribution is -1.08. The minimum absolute atomic E-state index is 0.0434. The topological polar surface area (TPSA) is 26.3 Å². The lowest BCUT2D eigenvalue weighted by Gasteiger charge is -2.54. The Morgan fingerprint density at radius 3 is 2.28 bits per heavy atom. The minimum atomic E-state index is -0.203. The fourth-order valence-electron chi connectivity index (χ4n) is 3.86. The maximum absolute atomic E-state index is 12.5. The fourth-order valence-corrected chi connectivity index (χ4v) is 3.86. The number of nitrogens with zero attached hydrogens (tertiary/aromatic N) is 2. The monoisotopic (exact) mass is 346 g/mol. The Labute approximate surface area is 152 Å². The highest BCUT2D eigenvalue weighted by Gasteiger charge is 2.46. The predicted molar refractivity (Wildman–Crippen MR) is 100 cm³/mol.